The van der Waals surface area contributed by atoms with Crippen molar-refractivity contribution in [3.05, 3.63) is 48.0 Å². The Kier molecular flexibility index (Phi) is 6.05. The predicted octanol–water partition coefficient (Wildman–Crippen LogP) is 1.42. The van der Waals surface area contributed by atoms with E-state index in [1.54, 1.807) is 0 Å². The number of carbonyl (C=O) groups is 4. The molecule has 1 aromatic carbocycles. The highest BCUT2D eigenvalue weighted by Gasteiger charge is 2.66. The Morgan fingerprint density at radius 1 is 1.27 bits per heavy atom. The van der Waals surface area contributed by atoms with Crippen LogP contribution in [0.5, 0.6) is 0 Å². The van der Waals surface area contributed by atoms with Crippen LogP contribution in [0.2, 0.25) is 0 Å². The Morgan fingerprint density at radius 2 is 1.87 bits per heavy atom. The summed E-state index contributed by atoms with van der Waals surface area (Å²) in [5.41, 5.74) is 0.439. The number of hydrogen-bond donors (Lipinski definition) is 1. The van der Waals surface area contributed by atoms with Gasteiger partial charge in [-0.2, -0.15) is 0 Å². The standard InChI is InChI=1S/C21H23NO7S/c1-5-10-29-20(27)16-21(2,3)30-18-13(17(25)22(16)18)15(24)14(23)11-6-8-12(9-7-11)19(26)28-4/h5-9,13,15-16,18,24H,1,10H2,2-4H3/t13-,15+,16+,18-/m1/s1. The molecule has 8 nitrogen and oxygen atoms in total. The number of β-lactam (4-membered cyclic amide) rings is 1. The number of hydrogen-bond acceptors (Lipinski definition) is 8. The van der Waals surface area contributed by atoms with Crippen LogP contribution in [0.4, 0.5) is 0 Å². The van der Waals surface area contributed by atoms with Gasteiger partial charge in [-0.25, -0.2) is 9.59 Å². The number of esters is 2. The van der Waals surface area contributed by atoms with E-state index >= 15 is 0 Å². The first-order chi connectivity index (χ1) is 14.1. The largest absolute Gasteiger partial charge is 0.465 e. The Balaban J connectivity index is 1.76. The van der Waals surface area contributed by atoms with Crippen LogP contribution in [0.1, 0.15) is 34.6 Å². The smallest absolute Gasteiger partial charge is 0.337 e. The van der Waals surface area contributed by atoms with Gasteiger partial charge in [-0.1, -0.05) is 24.8 Å². The number of Topliss-reactive ketones (excluding diaryl/α,β-unsaturated/α-hetero) is 1. The lowest BCUT2D eigenvalue weighted by atomic mass is 9.84. The molecule has 0 aliphatic carbocycles. The summed E-state index contributed by atoms with van der Waals surface area (Å²) in [5, 5.41) is 10.1. The van der Waals surface area contributed by atoms with Gasteiger partial charge in [-0.05, 0) is 26.0 Å². The fourth-order valence-electron chi connectivity index (χ4n) is 3.76. The maximum atomic E-state index is 12.8. The first-order valence-electron chi connectivity index (χ1n) is 9.32. The normalized spacial score (nSPS) is 25.0. The molecule has 2 heterocycles. The number of nitrogens with zero attached hydrogens (tertiary/aromatic N) is 1. The summed E-state index contributed by atoms with van der Waals surface area (Å²) in [4.78, 5) is 50.9. The minimum atomic E-state index is -1.56. The monoisotopic (exact) mass is 433 g/mol. The van der Waals surface area contributed by atoms with Crippen molar-refractivity contribution in [2.45, 2.75) is 36.1 Å². The summed E-state index contributed by atoms with van der Waals surface area (Å²) < 4.78 is 9.11. The lowest BCUT2D eigenvalue weighted by molar-refractivity contribution is -0.169. The van der Waals surface area contributed by atoms with Crippen molar-refractivity contribution in [2.75, 3.05) is 13.7 Å². The molecule has 1 aromatic rings. The van der Waals surface area contributed by atoms with E-state index in [0.29, 0.717) is 0 Å². The zero-order valence-corrected chi connectivity index (χ0v) is 17.7. The molecule has 0 bridgehead atoms. The van der Waals surface area contributed by atoms with Crippen molar-refractivity contribution in [1.82, 2.24) is 4.90 Å². The molecule has 2 saturated heterocycles. The first kappa shape index (κ1) is 22.0. The van der Waals surface area contributed by atoms with E-state index in [1.807, 2.05) is 13.8 Å². The van der Waals surface area contributed by atoms with Crippen molar-refractivity contribution >= 4 is 35.4 Å². The van der Waals surface area contributed by atoms with Crippen LogP contribution in [0, 0.1) is 5.92 Å². The number of aliphatic hydroxyl groups is 1. The zero-order valence-electron chi connectivity index (χ0n) is 16.9. The summed E-state index contributed by atoms with van der Waals surface area (Å²) in [6.07, 6.45) is -0.118. The molecule has 0 aromatic heterocycles. The summed E-state index contributed by atoms with van der Waals surface area (Å²) in [6, 6.07) is 4.83. The van der Waals surface area contributed by atoms with Gasteiger partial charge in [-0.15, -0.1) is 11.8 Å². The van der Waals surface area contributed by atoms with Crippen LogP contribution in [-0.4, -0.2) is 69.6 Å². The maximum Gasteiger partial charge on any atom is 0.337 e. The number of carbonyl (C=O) groups excluding carboxylic acids is 4. The zero-order chi connectivity index (χ0) is 22.2. The van der Waals surface area contributed by atoms with E-state index in [2.05, 4.69) is 11.3 Å². The average molecular weight is 433 g/mol. The molecule has 0 radical (unpaired) electrons. The van der Waals surface area contributed by atoms with Crippen molar-refractivity contribution in [2.24, 2.45) is 5.92 Å². The van der Waals surface area contributed by atoms with Gasteiger partial charge < -0.3 is 19.5 Å². The van der Waals surface area contributed by atoms with E-state index in [1.165, 1.54) is 54.1 Å². The van der Waals surface area contributed by atoms with Crippen molar-refractivity contribution < 1.29 is 33.8 Å². The predicted molar refractivity (Wildman–Crippen MR) is 109 cm³/mol. The lowest BCUT2D eigenvalue weighted by Gasteiger charge is -2.45. The van der Waals surface area contributed by atoms with Gasteiger partial charge >= 0.3 is 11.9 Å². The van der Waals surface area contributed by atoms with Crippen LogP contribution >= 0.6 is 11.8 Å². The molecule has 9 heteroatoms. The summed E-state index contributed by atoms with van der Waals surface area (Å²) in [5.74, 6) is -3.13. The highest BCUT2D eigenvalue weighted by molar-refractivity contribution is 8.01. The summed E-state index contributed by atoms with van der Waals surface area (Å²) in [7, 11) is 1.25. The van der Waals surface area contributed by atoms with E-state index in [9.17, 15) is 24.3 Å². The third-order valence-corrected chi connectivity index (χ3v) is 6.84. The van der Waals surface area contributed by atoms with Gasteiger partial charge in [0.25, 0.3) is 0 Å². The number of rotatable bonds is 7. The molecular weight excluding hydrogens is 410 g/mol. The number of ether oxygens (including phenoxy) is 2. The fourth-order valence-corrected chi connectivity index (χ4v) is 5.47. The molecule has 1 N–H and O–H groups in total. The van der Waals surface area contributed by atoms with Crippen LogP contribution in [0.25, 0.3) is 0 Å². The number of thioether (sulfide) groups is 1. The third-order valence-electron chi connectivity index (χ3n) is 5.25. The molecular formula is C21H23NO7S. The maximum absolute atomic E-state index is 12.8. The number of fused-ring (bicyclic) bond motifs is 1. The number of ketones is 1. The Morgan fingerprint density at radius 3 is 2.43 bits per heavy atom. The molecule has 160 valence electrons. The van der Waals surface area contributed by atoms with Gasteiger partial charge in [0.05, 0.1) is 18.0 Å². The van der Waals surface area contributed by atoms with Crippen molar-refractivity contribution in [3.63, 3.8) is 0 Å². The van der Waals surface area contributed by atoms with E-state index in [0.717, 1.165) is 0 Å². The Labute approximate surface area is 178 Å². The minimum absolute atomic E-state index is 0.0366. The lowest BCUT2D eigenvalue weighted by Crippen LogP contribution is -2.66. The highest BCUT2D eigenvalue weighted by Crippen LogP contribution is 2.54. The van der Waals surface area contributed by atoms with Gasteiger partial charge in [0.2, 0.25) is 5.91 Å². The van der Waals surface area contributed by atoms with E-state index in [4.69, 9.17) is 4.74 Å². The van der Waals surface area contributed by atoms with Crippen LogP contribution < -0.4 is 0 Å². The minimum Gasteiger partial charge on any atom is -0.465 e. The number of benzene rings is 1. The number of amides is 1. The molecule has 1 amide bonds. The quantitative estimate of drug-likeness (QED) is 0.298. The topological polar surface area (TPSA) is 110 Å². The molecule has 0 saturated carbocycles. The van der Waals surface area contributed by atoms with Gasteiger partial charge in [-0.3, -0.25) is 9.59 Å². The second kappa shape index (κ2) is 8.23. The van der Waals surface area contributed by atoms with Crippen LogP contribution in [0.3, 0.4) is 0 Å². The molecule has 30 heavy (non-hydrogen) atoms. The molecule has 3 rings (SSSR count). The summed E-state index contributed by atoms with van der Waals surface area (Å²) >= 11 is 1.35. The Hall–Kier alpha value is -2.65. The van der Waals surface area contributed by atoms with E-state index < -0.39 is 51.8 Å². The molecule has 2 aliphatic heterocycles. The molecule has 2 fully saturated rings. The number of aliphatic hydroxyl groups excluding tert-OH is 1. The fraction of sp³-hybridized carbons (Fsp3) is 0.429. The molecule has 4 atom stereocenters. The van der Waals surface area contributed by atoms with Crippen LogP contribution in [-0.2, 0) is 19.1 Å². The first-order valence-corrected chi connectivity index (χ1v) is 10.2. The van der Waals surface area contributed by atoms with Gasteiger partial charge in [0, 0.05) is 10.3 Å². The summed E-state index contributed by atoms with van der Waals surface area (Å²) in [6.45, 7) is 7.18. The van der Waals surface area contributed by atoms with Crippen molar-refractivity contribution in [1.29, 1.82) is 0 Å². The van der Waals surface area contributed by atoms with Crippen LogP contribution in [0.15, 0.2) is 36.9 Å². The van der Waals surface area contributed by atoms with E-state index in [-0.39, 0.29) is 17.7 Å². The molecule has 0 spiro atoms. The van der Waals surface area contributed by atoms with Gasteiger partial charge in [0.15, 0.2) is 5.78 Å². The Bertz CT molecular complexity index is 895. The second-order valence-electron chi connectivity index (χ2n) is 7.58. The number of methoxy groups -OCH3 is 1. The molecule has 2 aliphatic rings. The third kappa shape index (κ3) is 3.63. The van der Waals surface area contributed by atoms with Crippen molar-refractivity contribution in [3.8, 4) is 0 Å². The second-order valence-corrected chi connectivity index (χ2v) is 9.35. The SMILES string of the molecule is C=CCOC(=O)[C@@H]1N2C(=O)[C@@H]([C@H](O)C(=O)c3ccc(C(=O)OC)cc3)[C@H]2SC1(C)C. The van der Waals surface area contributed by atoms with Gasteiger partial charge in [0.1, 0.15) is 24.7 Å². The average Bonchev–Trinajstić information content (AvgIpc) is 2.98. The molecule has 0 unspecified atom stereocenters. The highest BCUT2D eigenvalue weighted by atomic mass is 32.2.